The highest BCUT2D eigenvalue weighted by atomic mass is 16.1. The van der Waals surface area contributed by atoms with Crippen molar-refractivity contribution in [3.05, 3.63) is 29.8 Å². The zero-order chi connectivity index (χ0) is 12.7. The van der Waals surface area contributed by atoms with Gasteiger partial charge in [-0.15, -0.1) is 0 Å². The van der Waals surface area contributed by atoms with Gasteiger partial charge in [0.2, 0.25) is 5.91 Å². The topological polar surface area (TPSA) is 58.4 Å². The second-order valence-corrected chi connectivity index (χ2v) is 4.22. The molecule has 0 spiro atoms. The minimum Gasteiger partial charge on any atom is -0.399 e. The van der Waals surface area contributed by atoms with Crippen LogP contribution in [0.3, 0.4) is 0 Å². The molecule has 0 radical (unpaired) electrons. The van der Waals surface area contributed by atoms with Gasteiger partial charge in [0.15, 0.2) is 0 Å². The largest absolute Gasteiger partial charge is 0.399 e. The number of benzene rings is 1. The maximum atomic E-state index is 11.1. The van der Waals surface area contributed by atoms with E-state index in [1.165, 1.54) is 5.56 Å². The molecule has 1 rings (SSSR count). The summed E-state index contributed by atoms with van der Waals surface area (Å²) < 4.78 is 0. The monoisotopic (exact) mass is 235 g/mol. The number of nitrogens with two attached hydrogens (primary N) is 1. The van der Waals surface area contributed by atoms with Crippen LogP contribution in [-0.4, -0.2) is 38.0 Å². The summed E-state index contributed by atoms with van der Waals surface area (Å²) in [6.07, 6.45) is 1.53. The lowest BCUT2D eigenvalue weighted by Gasteiger charge is -2.15. The second kappa shape index (κ2) is 6.91. The minimum atomic E-state index is 0.0873. The highest BCUT2D eigenvalue weighted by Crippen LogP contribution is 2.06. The SMILES string of the molecule is CNC(=O)CCN(C)CCc1ccc(N)cc1. The van der Waals surface area contributed by atoms with Crippen LogP contribution in [0.1, 0.15) is 12.0 Å². The van der Waals surface area contributed by atoms with Gasteiger partial charge in [-0.05, 0) is 31.2 Å². The molecule has 17 heavy (non-hydrogen) atoms. The van der Waals surface area contributed by atoms with Crippen LogP contribution in [0.25, 0.3) is 0 Å². The predicted molar refractivity (Wildman–Crippen MR) is 70.7 cm³/mol. The molecule has 94 valence electrons. The lowest BCUT2D eigenvalue weighted by atomic mass is 10.1. The Morgan fingerprint density at radius 3 is 2.53 bits per heavy atom. The van der Waals surface area contributed by atoms with Crippen LogP contribution in [0.2, 0.25) is 0 Å². The van der Waals surface area contributed by atoms with Crippen LogP contribution in [0, 0.1) is 0 Å². The molecule has 0 saturated heterocycles. The second-order valence-electron chi connectivity index (χ2n) is 4.22. The number of likely N-dealkylation sites (N-methyl/N-ethyl adjacent to an activating group) is 1. The first kappa shape index (κ1) is 13.5. The third kappa shape index (κ3) is 5.36. The van der Waals surface area contributed by atoms with Gasteiger partial charge in [-0.1, -0.05) is 12.1 Å². The van der Waals surface area contributed by atoms with Gasteiger partial charge in [-0.2, -0.15) is 0 Å². The summed E-state index contributed by atoms with van der Waals surface area (Å²) in [4.78, 5) is 13.2. The summed E-state index contributed by atoms with van der Waals surface area (Å²) in [5.74, 6) is 0.0873. The molecule has 0 bridgehead atoms. The van der Waals surface area contributed by atoms with E-state index in [0.717, 1.165) is 25.2 Å². The van der Waals surface area contributed by atoms with Gasteiger partial charge in [-0.3, -0.25) is 4.79 Å². The molecule has 0 fully saturated rings. The quantitative estimate of drug-likeness (QED) is 0.720. The Bertz CT molecular complexity index is 348. The molecule has 1 aromatic rings. The number of hydrogen-bond acceptors (Lipinski definition) is 3. The average Bonchev–Trinajstić information content (AvgIpc) is 2.35. The summed E-state index contributed by atoms with van der Waals surface area (Å²) in [5, 5.41) is 2.62. The highest BCUT2D eigenvalue weighted by molar-refractivity contribution is 5.75. The molecule has 0 aliphatic rings. The van der Waals surface area contributed by atoms with Crippen LogP contribution < -0.4 is 11.1 Å². The Morgan fingerprint density at radius 2 is 1.94 bits per heavy atom. The van der Waals surface area contributed by atoms with Crippen molar-refractivity contribution in [3.8, 4) is 0 Å². The average molecular weight is 235 g/mol. The number of amides is 1. The summed E-state index contributed by atoms with van der Waals surface area (Å²) in [6, 6.07) is 7.92. The van der Waals surface area contributed by atoms with Crippen LogP contribution in [0.5, 0.6) is 0 Å². The fourth-order valence-electron chi connectivity index (χ4n) is 1.53. The molecule has 3 N–H and O–H groups in total. The van der Waals surface area contributed by atoms with Crippen molar-refractivity contribution in [2.45, 2.75) is 12.8 Å². The summed E-state index contributed by atoms with van der Waals surface area (Å²) in [7, 11) is 3.69. The Hall–Kier alpha value is -1.55. The molecule has 0 aromatic heterocycles. The molecule has 0 aliphatic heterocycles. The Morgan fingerprint density at radius 1 is 1.29 bits per heavy atom. The number of carbonyl (C=O) groups is 1. The van der Waals surface area contributed by atoms with Crippen LogP contribution in [-0.2, 0) is 11.2 Å². The Labute approximate surface area is 103 Å². The van der Waals surface area contributed by atoms with E-state index in [0.29, 0.717) is 6.42 Å². The molecule has 4 nitrogen and oxygen atoms in total. The highest BCUT2D eigenvalue weighted by Gasteiger charge is 2.03. The number of nitrogens with zero attached hydrogens (tertiary/aromatic N) is 1. The lowest BCUT2D eigenvalue weighted by molar-refractivity contribution is -0.120. The molecule has 0 atom stereocenters. The van der Waals surface area contributed by atoms with E-state index < -0.39 is 0 Å². The number of anilines is 1. The standard InChI is InChI=1S/C13H21N3O/c1-15-13(17)8-10-16(2)9-7-11-3-5-12(14)6-4-11/h3-6H,7-10,14H2,1-2H3,(H,15,17). The van der Waals surface area contributed by atoms with Gasteiger partial charge in [0.05, 0.1) is 0 Å². The van der Waals surface area contributed by atoms with Crippen molar-refractivity contribution in [2.24, 2.45) is 0 Å². The molecule has 1 aromatic carbocycles. The number of carbonyl (C=O) groups excluding carboxylic acids is 1. The number of nitrogens with one attached hydrogen (secondary N) is 1. The van der Waals surface area contributed by atoms with Crippen molar-refractivity contribution < 1.29 is 4.79 Å². The molecular weight excluding hydrogens is 214 g/mol. The molecule has 0 saturated carbocycles. The molecule has 4 heteroatoms. The Kier molecular flexibility index (Phi) is 5.49. The van der Waals surface area contributed by atoms with E-state index in [1.54, 1.807) is 7.05 Å². The van der Waals surface area contributed by atoms with Gasteiger partial charge in [-0.25, -0.2) is 0 Å². The van der Waals surface area contributed by atoms with Crippen LogP contribution in [0.15, 0.2) is 24.3 Å². The minimum absolute atomic E-state index is 0.0873. The predicted octanol–water partition coefficient (Wildman–Crippen LogP) is 0.879. The lowest BCUT2D eigenvalue weighted by Crippen LogP contribution is -2.28. The molecule has 0 aliphatic carbocycles. The van der Waals surface area contributed by atoms with Crippen LogP contribution in [0.4, 0.5) is 5.69 Å². The molecule has 0 unspecified atom stereocenters. The van der Waals surface area contributed by atoms with Crippen molar-refractivity contribution >= 4 is 11.6 Å². The van der Waals surface area contributed by atoms with Gasteiger partial charge in [0.25, 0.3) is 0 Å². The summed E-state index contributed by atoms with van der Waals surface area (Å²) >= 11 is 0. The number of rotatable bonds is 6. The number of hydrogen-bond donors (Lipinski definition) is 2. The summed E-state index contributed by atoms with van der Waals surface area (Å²) in [5.41, 5.74) is 7.69. The third-order valence-electron chi connectivity index (χ3n) is 2.76. The first-order valence-corrected chi connectivity index (χ1v) is 5.85. The maximum absolute atomic E-state index is 11.1. The normalized spacial score (nSPS) is 10.5. The first-order valence-electron chi connectivity index (χ1n) is 5.85. The third-order valence-corrected chi connectivity index (χ3v) is 2.76. The van der Waals surface area contributed by atoms with E-state index >= 15 is 0 Å². The summed E-state index contributed by atoms with van der Waals surface area (Å²) in [6.45, 7) is 1.73. The van der Waals surface area contributed by atoms with E-state index in [4.69, 9.17) is 5.73 Å². The van der Waals surface area contributed by atoms with Gasteiger partial charge < -0.3 is 16.0 Å². The van der Waals surface area contributed by atoms with Crippen molar-refractivity contribution in [1.82, 2.24) is 10.2 Å². The van der Waals surface area contributed by atoms with Gasteiger partial charge >= 0.3 is 0 Å². The fraction of sp³-hybridized carbons (Fsp3) is 0.462. The van der Waals surface area contributed by atoms with E-state index in [1.807, 2.05) is 31.3 Å². The van der Waals surface area contributed by atoms with Crippen molar-refractivity contribution in [2.75, 3.05) is 32.9 Å². The van der Waals surface area contributed by atoms with Gasteiger partial charge in [0, 0.05) is 32.2 Å². The Balaban J connectivity index is 2.25. The van der Waals surface area contributed by atoms with Crippen LogP contribution >= 0.6 is 0 Å². The van der Waals surface area contributed by atoms with E-state index in [2.05, 4.69) is 10.2 Å². The van der Waals surface area contributed by atoms with Gasteiger partial charge in [0.1, 0.15) is 0 Å². The zero-order valence-corrected chi connectivity index (χ0v) is 10.6. The van der Waals surface area contributed by atoms with E-state index in [9.17, 15) is 4.79 Å². The van der Waals surface area contributed by atoms with Crippen molar-refractivity contribution in [1.29, 1.82) is 0 Å². The molecule has 0 heterocycles. The zero-order valence-electron chi connectivity index (χ0n) is 10.6. The molecule has 1 amide bonds. The molecular formula is C13H21N3O. The van der Waals surface area contributed by atoms with Crippen molar-refractivity contribution in [3.63, 3.8) is 0 Å². The smallest absolute Gasteiger partial charge is 0.221 e. The number of nitrogen functional groups attached to an aromatic ring is 1. The fourth-order valence-corrected chi connectivity index (χ4v) is 1.53. The first-order chi connectivity index (χ1) is 8.11. The van der Waals surface area contributed by atoms with E-state index in [-0.39, 0.29) is 5.91 Å². The maximum Gasteiger partial charge on any atom is 0.221 e.